The quantitative estimate of drug-likeness (QED) is 0.165. The molecule has 0 radical (unpaired) electrons. The van der Waals surface area contributed by atoms with Crippen molar-refractivity contribution in [3.63, 3.8) is 0 Å². The maximum Gasteiger partial charge on any atom is 1.00 e. The molecule has 0 saturated carbocycles. The maximum absolute atomic E-state index is 10.2. The van der Waals surface area contributed by atoms with Crippen LogP contribution in [0.4, 0.5) is 0 Å². The van der Waals surface area contributed by atoms with Crippen molar-refractivity contribution < 1.29 is 103 Å². The number of rotatable bonds is 15. The van der Waals surface area contributed by atoms with Crippen LogP contribution in [0.3, 0.4) is 0 Å². The second-order valence-electron chi connectivity index (χ2n) is 5.71. The van der Waals surface area contributed by atoms with Gasteiger partial charge in [-0.05, 0) is 38.5 Å². The Morgan fingerprint density at radius 2 is 1.17 bits per heavy atom. The van der Waals surface area contributed by atoms with E-state index < -0.39 is 5.97 Å². The fourth-order valence-electron chi connectivity index (χ4n) is 2.34. The van der Waals surface area contributed by atoms with Crippen LogP contribution >= 0.6 is 0 Å². The minimum Gasteiger partial charge on any atom is -1.00 e. The zero-order valence-electron chi connectivity index (χ0n) is 15.7. The molecule has 0 bridgehead atoms. The van der Waals surface area contributed by atoms with Crippen LogP contribution in [0, 0.1) is 0 Å². The minimum absolute atomic E-state index is 0. The van der Waals surface area contributed by atoms with Gasteiger partial charge in [-0.15, -0.1) is 0 Å². The third-order valence-electron chi connectivity index (χ3n) is 3.64. The molecule has 0 aliphatic heterocycles. The van der Waals surface area contributed by atoms with Gasteiger partial charge in [-0.25, -0.2) is 0 Å². The number of aliphatic carboxylic acids is 1. The number of unbranched alkanes of at least 4 members (excludes halogenated alkanes) is 11. The average Bonchev–Trinajstić information content (AvgIpc) is 2.43. The molecule has 0 rings (SSSR count). The topological polar surface area (TPSA) is 40.1 Å². The van der Waals surface area contributed by atoms with E-state index in [1.807, 2.05) is 0 Å². The SMILES string of the molecule is CCCCCCCC/C=C\CCCCCCCC(=O)[O-].[Cl-].[K+].[Na+]. The van der Waals surface area contributed by atoms with E-state index in [-0.39, 0.29) is 99.8 Å². The Hall–Kier alpha value is 2.14. The molecule has 0 amide bonds. The molecule has 0 heterocycles. The average molecular weight is 379 g/mol. The molecule has 5 heteroatoms. The Balaban J connectivity index is -0.000000602. The molecular weight excluding hydrogens is 346 g/mol. The summed E-state index contributed by atoms with van der Waals surface area (Å²) in [6, 6.07) is 0. The van der Waals surface area contributed by atoms with Gasteiger partial charge < -0.3 is 22.3 Å². The van der Waals surface area contributed by atoms with Crippen molar-refractivity contribution in [1.29, 1.82) is 0 Å². The molecule has 23 heavy (non-hydrogen) atoms. The summed E-state index contributed by atoms with van der Waals surface area (Å²) in [6.07, 6.45) is 20.9. The van der Waals surface area contributed by atoms with E-state index >= 15 is 0 Å². The molecule has 126 valence electrons. The van der Waals surface area contributed by atoms with Crippen LogP contribution < -0.4 is 98.5 Å². The van der Waals surface area contributed by atoms with Gasteiger partial charge in [0.1, 0.15) is 0 Å². The molecule has 0 spiro atoms. The summed E-state index contributed by atoms with van der Waals surface area (Å²) in [6.45, 7) is 2.26. The molecule has 2 nitrogen and oxygen atoms in total. The normalized spacial score (nSPS) is 9.78. The molecular formula is C18H33ClKNaO2. The van der Waals surface area contributed by atoms with Gasteiger partial charge in [-0.3, -0.25) is 0 Å². The monoisotopic (exact) mass is 378 g/mol. The third-order valence-corrected chi connectivity index (χ3v) is 3.64. The van der Waals surface area contributed by atoms with Crippen molar-refractivity contribution in [2.24, 2.45) is 0 Å². The molecule has 0 N–H and O–H groups in total. The van der Waals surface area contributed by atoms with Gasteiger partial charge in [-0.2, -0.15) is 0 Å². The Bertz CT molecular complexity index is 251. The van der Waals surface area contributed by atoms with E-state index in [0.29, 0.717) is 0 Å². The van der Waals surface area contributed by atoms with Gasteiger partial charge in [0, 0.05) is 5.97 Å². The van der Waals surface area contributed by atoms with E-state index in [0.717, 1.165) is 19.3 Å². The van der Waals surface area contributed by atoms with E-state index in [9.17, 15) is 9.90 Å². The second-order valence-corrected chi connectivity index (χ2v) is 5.71. The van der Waals surface area contributed by atoms with Crippen LogP contribution in [0.25, 0.3) is 0 Å². The maximum atomic E-state index is 10.2. The number of hydrogen-bond donors (Lipinski definition) is 0. The van der Waals surface area contributed by atoms with Crippen LogP contribution in [-0.4, -0.2) is 5.97 Å². The molecule has 0 aliphatic carbocycles. The molecule has 0 fully saturated rings. The van der Waals surface area contributed by atoms with E-state index in [2.05, 4.69) is 19.1 Å². The van der Waals surface area contributed by atoms with E-state index in [1.54, 1.807) is 0 Å². The standard InChI is InChI=1S/C18H34O2.ClH.K.Na/c1-2-3-4-5-6-7-8-9-10-11-12-13-14-15-16-17-18(19)20;;;/h9-10H,2-8,11-17H2,1H3,(H,19,20);1H;;/q;;2*+1/p-2/b10-9-;;;. The van der Waals surface area contributed by atoms with Crippen LogP contribution in [0.15, 0.2) is 12.2 Å². The number of carboxylic acids is 1. The Labute approximate surface area is 215 Å². The van der Waals surface area contributed by atoms with Gasteiger partial charge in [0.15, 0.2) is 0 Å². The van der Waals surface area contributed by atoms with Crippen molar-refractivity contribution in [2.75, 3.05) is 0 Å². The zero-order chi connectivity index (χ0) is 14.9. The van der Waals surface area contributed by atoms with Crippen LogP contribution in [0.5, 0.6) is 0 Å². The molecule has 0 aromatic carbocycles. The summed E-state index contributed by atoms with van der Waals surface area (Å²) < 4.78 is 0. The predicted octanol–water partition coefficient (Wildman–Crippen LogP) is -4.21. The van der Waals surface area contributed by atoms with Crippen LogP contribution in [-0.2, 0) is 4.79 Å². The predicted molar refractivity (Wildman–Crippen MR) is 84.5 cm³/mol. The third kappa shape index (κ3) is 32.3. The van der Waals surface area contributed by atoms with Crippen LogP contribution in [0.2, 0.25) is 0 Å². The summed E-state index contributed by atoms with van der Waals surface area (Å²) in [5, 5.41) is 10.2. The van der Waals surface area contributed by atoms with Crippen LogP contribution in [0.1, 0.15) is 96.8 Å². The Morgan fingerprint density at radius 3 is 1.61 bits per heavy atom. The number of carbonyl (C=O) groups is 1. The van der Waals surface area contributed by atoms with Gasteiger partial charge in [0.2, 0.25) is 0 Å². The number of halogens is 1. The minimum atomic E-state index is -0.914. The molecule has 0 aliphatic rings. The van der Waals surface area contributed by atoms with E-state index in [1.165, 1.54) is 64.2 Å². The first-order valence-corrected chi connectivity index (χ1v) is 8.62. The van der Waals surface area contributed by atoms with Crippen molar-refractivity contribution in [3.8, 4) is 0 Å². The van der Waals surface area contributed by atoms with Gasteiger partial charge >= 0.3 is 80.9 Å². The molecule has 0 saturated heterocycles. The van der Waals surface area contributed by atoms with Gasteiger partial charge in [-0.1, -0.05) is 70.4 Å². The van der Waals surface area contributed by atoms with Gasteiger partial charge in [0.25, 0.3) is 0 Å². The fraction of sp³-hybridized carbons (Fsp3) is 0.833. The molecule has 0 aromatic rings. The smallest absolute Gasteiger partial charge is 1.00 e. The Kier molecular flexibility index (Phi) is 41.2. The zero-order valence-corrected chi connectivity index (χ0v) is 21.6. The summed E-state index contributed by atoms with van der Waals surface area (Å²) in [5.41, 5.74) is 0. The van der Waals surface area contributed by atoms with Crippen molar-refractivity contribution in [2.45, 2.75) is 96.8 Å². The summed E-state index contributed by atoms with van der Waals surface area (Å²) >= 11 is 0. The number of carboxylic acid groups (broad SMARTS) is 1. The van der Waals surface area contributed by atoms with Crippen molar-refractivity contribution >= 4 is 5.97 Å². The molecule has 0 atom stereocenters. The second kappa shape index (κ2) is 28.9. The number of carbonyl (C=O) groups excluding carboxylic acids is 1. The first-order chi connectivity index (χ1) is 9.77. The fourth-order valence-corrected chi connectivity index (χ4v) is 2.34. The summed E-state index contributed by atoms with van der Waals surface area (Å²) in [5.74, 6) is -0.914. The van der Waals surface area contributed by atoms with Crippen molar-refractivity contribution in [1.82, 2.24) is 0 Å². The summed E-state index contributed by atoms with van der Waals surface area (Å²) in [4.78, 5) is 10.2. The van der Waals surface area contributed by atoms with Gasteiger partial charge in [0.05, 0.1) is 0 Å². The first kappa shape index (κ1) is 32.8. The molecule has 0 unspecified atom stereocenters. The van der Waals surface area contributed by atoms with Crippen molar-refractivity contribution in [3.05, 3.63) is 12.2 Å². The molecule has 0 aromatic heterocycles. The Morgan fingerprint density at radius 1 is 0.783 bits per heavy atom. The number of allylic oxidation sites excluding steroid dienone is 2. The number of hydrogen-bond acceptors (Lipinski definition) is 2. The summed E-state index contributed by atoms with van der Waals surface area (Å²) in [7, 11) is 0. The van der Waals surface area contributed by atoms with E-state index in [4.69, 9.17) is 0 Å². The largest absolute Gasteiger partial charge is 1.00 e. The first-order valence-electron chi connectivity index (χ1n) is 8.62.